The van der Waals surface area contributed by atoms with Gasteiger partial charge in [0.15, 0.2) is 0 Å². The van der Waals surface area contributed by atoms with Crippen LogP contribution in [0.3, 0.4) is 0 Å². The Labute approximate surface area is 112 Å². The van der Waals surface area contributed by atoms with Crippen LogP contribution in [0.2, 0.25) is 0 Å². The van der Waals surface area contributed by atoms with E-state index < -0.39 is 11.7 Å². The number of aliphatic hydroxyl groups is 1. The Morgan fingerprint density at radius 2 is 1.74 bits per heavy atom. The molecule has 4 heteroatoms. The highest BCUT2D eigenvalue weighted by Gasteiger charge is 2.54. The molecule has 3 rings (SSSR count). The summed E-state index contributed by atoms with van der Waals surface area (Å²) in [5, 5.41) is 22.5. The normalized spacial score (nSPS) is 37.0. The maximum Gasteiger partial charge on any atom is 0.404 e. The minimum absolute atomic E-state index is 0.0148. The van der Waals surface area contributed by atoms with Crippen LogP contribution >= 0.6 is 0 Å². The van der Waals surface area contributed by atoms with Crippen LogP contribution in [0.4, 0.5) is 4.79 Å². The van der Waals surface area contributed by atoms with Crippen LogP contribution in [0.1, 0.15) is 31.2 Å². The van der Waals surface area contributed by atoms with E-state index in [1.54, 1.807) is 0 Å². The van der Waals surface area contributed by atoms with Crippen molar-refractivity contribution in [3.05, 3.63) is 35.9 Å². The number of carboxylic acid groups (broad SMARTS) is 1. The SMILES string of the molecule is O=C(O)NC1CC2CCC(C1)C2(O)c1ccccc1. The van der Waals surface area contributed by atoms with Crippen molar-refractivity contribution >= 4 is 6.09 Å². The largest absolute Gasteiger partial charge is 0.465 e. The van der Waals surface area contributed by atoms with Gasteiger partial charge in [0.25, 0.3) is 0 Å². The van der Waals surface area contributed by atoms with Gasteiger partial charge >= 0.3 is 6.09 Å². The maximum absolute atomic E-state index is 11.1. The topological polar surface area (TPSA) is 69.6 Å². The second-order valence-corrected chi connectivity index (χ2v) is 5.78. The molecule has 2 atom stereocenters. The first-order chi connectivity index (χ1) is 9.10. The molecule has 2 fully saturated rings. The lowest BCUT2D eigenvalue weighted by Gasteiger charge is -2.43. The fourth-order valence-corrected chi connectivity index (χ4v) is 4.02. The van der Waals surface area contributed by atoms with Gasteiger partial charge < -0.3 is 15.5 Å². The molecule has 2 unspecified atom stereocenters. The van der Waals surface area contributed by atoms with E-state index in [9.17, 15) is 9.90 Å². The first kappa shape index (κ1) is 12.5. The highest BCUT2D eigenvalue weighted by atomic mass is 16.4. The fourth-order valence-electron chi connectivity index (χ4n) is 4.02. The third-order valence-corrected chi connectivity index (χ3v) is 4.81. The number of fused-ring (bicyclic) bond motifs is 2. The van der Waals surface area contributed by atoms with Crippen LogP contribution in [0.5, 0.6) is 0 Å². The van der Waals surface area contributed by atoms with Crippen molar-refractivity contribution in [2.45, 2.75) is 37.3 Å². The lowest BCUT2D eigenvalue weighted by Crippen LogP contribution is -2.48. The third kappa shape index (κ3) is 2.00. The van der Waals surface area contributed by atoms with Crippen LogP contribution in [0.25, 0.3) is 0 Å². The van der Waals surface area contributed by atoms with Crippen molar-refractivity contribution in [3.8, 4) is 0 Å². The molecule has 2 saturated carbocycles. The Morgan fingerprint density at radius 1 is 1.16 bits per heavy atom. The summed E-state index contributed by atoms with van der Waals surface area (Å²) in [6, 6.07) is 9.81. The Balaban J connectivity index is 1.85. The summed E-state index contributed by atoms with van der Waals surface area (Å²) in [4.78, 5) is 10.8. The smallest absolute Gasteiger partial charge is 0.404 e. The molecule has 1 aromatic rings. The predicted molar refractivity (Wildman–Crippen MR) is 70.7 cm³/mol. The zero-order valence-electron chi connectivity index (χ0n) is 10.7. The maximum atomic E-state index is 11.1. The number of hydrogen-bond donors (Lipinski definition) is 3. The number of amides is 1. The number of benzene rings is 1. The second kappa shape index (κ2) is 4.53. The molecule has 19 heavy (non-hydrogen) atoms. The standard InChI is InChI=1S/C15H19NO3/c17-14(18)16-13-8-11-6-7-12(9-13)15(11,19)10-4-2-1-3-5-10/h1-5,11-13,16,19H,6-9H2,(H,17,18). The summed E-state index contributed by atoms with van der Waals surface area (Å²) < 4.78 is 0. The van der Waals surface area contributed by atoms with Crippen molar-refractivity contribution in [2.24, 2.45) is 11.8 Å². The molecule has 1 aromatic carbocycles. The highest BCUT2D eigenvalue weighted by molar-refractivity contribution is 5.64. The Morgan fingerprint density at radius 3 is 2.26 bits per heavy atom. The van der Waals surface area contributed by atoms with E-state index in [1.807, 2.05) is 30.3 Å². The number of nitrogens with one attached hydrogen (secondary N) is 1. The van der Waals surface area contributed by atoms with E-state index in [-0.39, 0.29) is 17.9 Å². The van der Waals surface area contributed by atoms with Gasteiger partial charge in [-0.15, -0.1) is 0 Å². The lowest BCUT2D eigenvalue weighted by atomic mass is 9.69. The Bertz CT molecular complexity index is 460. The average Bonchev–Trinajstić information content (AvgIpc) is 2.59. The van der Waals surface area contributed by atoms with E-state index in [1.165, 1.54) is 0 Å². The van der Waals surface area contributed by atoms with Crippen molar-refractivity contribution < 1.29 is 15.0 Å². The molecule has 0 aliphatic heterocycles. The molecule has 3 N–H and O–H groups in total. The van der Waals surface area contributed by atoms with E-state index in [0.29, 0.717) is 0 Å². The zero-order valence-corrected chi connectivity index (χ0v) is 10.7. The molecule has 0 radical (unpaired) electrons. The van der Waals surface area contributed by atoms with E-state index in [2.05, 4.69) is 5.32 Å². The van der Waals surface area contributed by atoms with Crippen LogP contribution in [0, 0.1) is 11.8 Å². The van der Waals surface area contributed by atoms with Gasteiger partial charge in [-0.3, -0.25) is 0 Å². The fraction of sp³-hybridized carbons (Fsp3) is 0.533. The van der Waals surface area contributed by atoms with Gasteiger partial charge in [-0.05, 0) is 43.1 Å². The molecular weight excluding hydrogens is 242 g/mol. The van der Waals surface area contributed by atoms with Crippen LogP contribution in [-0.2, 0) is 5.60 Å². The Hall–Kier alpha value is -1.55. The average molecular weight is 261 g/mol. The molecule has 2 aliphatic rings. The third-order valence-electron chi connectivity index (χ3n) is 4.81. The van der Waals surface area contributed by atoms with Gasteiger partial charge in [0, 0.05) is 6.04 Å². The molecule has 4 nitrogen and oxygen atoms in total. The quantitative estimate of drug-likeness (QED) is 0.765. The van der Waals surface area contributed by atoms with E-state index in [0.717, 1.165) is 31.2 Å². The van der Waals surface area contributed by atoms with Crippen LogP contribution in [0.15, 0.2) is 30.3 Å². The van der Waals surface area contributed by atoms with E-state index >= 15 is 0 Å². The highest BCUT2D eigenvalue weighted by Crippen LogP contribution is 2.54. The van der Waals surface area contributed by atoms with Gasteiger partial charge in [0.2, 0.25) is 0 Å². The van der Waals surface area contributed by atoms with E-state index in [4.69, 9.17) is 5.11 Å². The lowest BCUT2D eigenvalue weighted by molar-refractivity contribution is -0.0729. The minimum atomic E-state index is -0.963. The van der Waals surface area contributed by atoms with Crippen molar-refractivity contribution in [3.63, 3.8) is 0 Å². The van der Waals surface area contributed by atoms with Crippen molar-refractivity contribution in [1.82, 2.24) is 5.32 Å². The second-order valence-electron chi connectivity index (χ2n) is 5.78. The zero-order chi connectivity index (χ0) is 13.5. The van der Waals surface area contributed by atoms with Crippen LogP contribution < -0.4 is 5.32 Å². The summed E-state index contributed by atoms with van der Waals surface area (Å²) in [5.41, 5.74) is 0.217. The number of carbonyl (C=O) groups is 1. The van der Waals surface area contributed by atoms with Gasteiger partial charge in [-0.25, -0.2) is 4.79 Å². The summed E-state index contributed by atoms with van der Waals surface area (Å²) in [6.45, 7) is 0. The molecule has 2 bridgehead atoms. The monoisotopic (exact) mass is 261 g/mol. The van der Waals surface area contributed by atoms with Gasteiger partial charge in [0.05, 0.1) is 5.60 Å². The molecule has 0 saturated heterocycles. The van der Waals surface area contributed by atoms with Crippen molar-refractivity contribution in [2.75, 3.05) is 0 Å². The molecule has 0 aromatic heterocycles. The van der Waals surface area contributed by atoms with Gasteiger partial charge in [-0.1, -0.05) is 30.3 Å². The number of rotatable bonds is 2. The predicted octanol–water partition coefficient (Wildman–Crippen LogP) is 2.33. The molecule has 1 amide bonds. The summed E-state index contributed by atoms with van der Waals surface area (Å²) in [7, 11) is 0. The molecule has 0 heterocycles. The van der Waals surface area contributed by atoms with Gasteiger partial charge in [0.1, 0.15) is 0 Å². The van der Waals surface area contributed by atoms with Crippen LogP contribution in [-0.4, -0.2) is 22.3 Å². The minimum Gasteiger partial charge on any atom is -0.465 e. The molecule has 0 spiro atoms. The Kier molecular flexibility index (Phi) is 2.97. The molecule has 2 aliphatic carbocycles. The molecule has 102 valence electrons. The number of hydrogen-bond acceptors (Lipinski definition) is 2. The molecular formula is C15H19NO3. The summed E-state index contributed by atoms with van der Waals surface area (Å²) in [5.74, 6) is 0.316. The first-order valence-electron chi connectivity index (χ1n) is 6.88. The summed E-state index contributed by atoms with van der Waals surface area (Å²) in [6.07, 6.45) is 2.46. The summed E-state index contributed by atoms with van der Waals surface area (Å²) >= 11 is 0. The first-order valence-corrected chi connectivity index (χ1v) is 6.88. The van der Waals surface area contributed by atoms with Gasteiger partial charge in [-0.2, -0.15) is 0 Å². The van der Waals surface area contributed by atoms with Crippen molar-refractivity contribution in [1.29, 1.82) is 0 Å².